The number of carbonyl (C=O) groups is 2. The Morgan fingerprint density at radius 2 is 1.75 bits per heavy atom. The Bertz CT molecular complexity index is 878. The number of halogens is 1. The normalized spacial score (nSPS) is 22.5. The van der Waals surface area contributed by atoms with Crippen molar-refractivity contribution >= 4 is 11.8 Å². The Kier molecular flexibility index (Phi) is 4.67. The van der Waals surface area contributed by atoms with Gasteiger partial charge in [0, 0.05) is 31.0 Å². The number of benzene rings is 2. The minimum atomic E-state index is -0.489. The smallest absolute Gasteiger partial charge is 0.254 e. The molecule has 146 valence electrons. The Morgan fingerprint density at radius 1 is 1.11 bits per heavy atom. The third-order valence-electron chi connectivity index (χ3n) is 6.00. The van der Waals surface area contributed by atoms with Crippen LogP contribution in [-0.2, 0) is 4.79 Å². The number of carbonyl (C=O) groups excluding carboxylic acids is 2. The molecular formula is C22H23FN2O3. The first-order valence-electron chi connectivity index (χ1n) is 9.54. The van der Waals surface area contributed by atoms with Crippen LogP contribution in [0.4, 0.5) is 4.39 Å². The van der Waals surface area contributed by atoms with Crippen molar-refractivity contribution in [2.24, 2.45) is 0 Å². The van der Waals surface area contributed by atoms with Gasteiger partial charge in [-0.15, -0.1) is 0 Å². The van der Waals surface area contributed by atoms with Crippen molar-refractivity contribution in [2.45, 2.75) is 30.8 Å². The quantitative estimate of drug-likeness (QED) is 0.884. The van der Waals surface area contributed by atoms with Crippen LogP contribution >= 0.6 is 0 Å². The van der Waals surface area contributed by atoms with Gasteiger partial charge in [0.25, 0.3) is 5.91 Å². The Morgan fingerprint density at radius 3 is 2.32 bits per heavy atom. The lowest BCUT2D eigenvalue weighted by molar-refractivity contribution is -0.193. The Balaban J connectivity index is 1.61. The predicted molar refractivity (Wildman–Crippen MR) is 102 cm³/mol. The van der Waals surface area contributed by atoms with Gasteiger partial charge in [0.2, 0.25) is 5.91 Å². The van der Waals surface area contributed by atoms with Crippen LogP contribution in [0.3, 0.4) is 0 Å². The van der Waals surface area contributed by atoms with Crippen molar-refractivity contribution in [2.75, 3.05) is 19.7 Å². The van der Waals surface area contributed by atoms with Crippen molar-refractivity contribution in [3.63, 3.8) is 0 Å². The van der Waals surface area contributed by atoms with Gasteiger partial charge >= 0.3 is 0 Å². The fourth-order valence-corrected chi connectivity index (χ4v) is 4.77. The highest BCUT2D eigenvalue weighted by Crippen LogP contribution is 2.54. The lowest BCUT2D eigenvalue weighted by Crippen LogP contribution is -2.85. The van der Waals surface area contributed by atoms with E-state index in [2.05, 4.69) is 0 Å². The van der Waals surface area contributed by atoms with Gasteiger partial charge in [-0.1, -0.05) is 37.3 Å². The molecule has 2 aromatic rings. The third kappa shape index (κ3) is 2.71. The number of hydrogen-bond acceptors (Lipinski definition) is 3. The largest absolute Gasteiger partial charge is 0.394 e. The van der Waals surface area contributed by atoms with E-state index in [0.29, 0.717) is 25.1 Å². The van der Waals surface area contributed by atoms with Gasteiger partial charge in [0.05, 0.1) is 18.2 Å². The number of amides is 2. The first-order chi connectivity index (χ1) is 13.5. The van der Waals surface area contributed by atoms with Crippen LogP contribution in [0.5, 0.6) is 0 Å². The van der Waals surface area contributed by atoms with Gasteiger partial charge in [-0.25, -0.2) is 4.39 Å². The number of nitrogens with zero attached hydrogens (tertiary/aromatic N) is 2. The van der Waals surface area contributed by atoms with E-state index in [1.165, 1.54) is 24.3 Å². The van der Waals surface area contributed by atoms with Crippen LogP contribution in [-0.4, -0.2) is 58.0 Å². The van der Waals surface area contributed by atoms with Crippen LogP contribution in [0.1, 0.15) is 35.2 Å². The van der Waals surface area contributed by atoms with Crippen LogP contribution < -0.4 is 0 Å². The zero-order chi connectivity index (χ0) is 19.9. The molecule has 1 N–H and O–H groups in total. The van der Waals surface area contributed by atoms with Crippen molar-refractivity contribution in [1.29, 1.82) is 0 Å². The molecule has 2 amide bonds. The Labute approximate surface area is 163 Å². The van der Waals surface area contributed by atoms with Gasteiger partial charge in [0.1, 0.15) is 5.82 Å². The molecule has 0 aliphatic carbocycles. The number of aliphatic hydroxyl groups excluding tert-OH is 1. The van der Waals surface area contributed by atoms with Crippen molar-refractivity contribution in [3.05, 3.63) is 71.5 Å². The second kappa shape index (κ2) is 7.02. The van der Waals surface area contributed by atoms with Crippen LogP contribution in [0.2, 0.25) is 0 Å². The first-order valence-corrected chi connectivity index (χ1v) is 9.54. The lowest BCUT2D eigenvalue weighted by Gasteiger charge is -2.70. The molecule has 28 heavy (non-hydrogen) atoms. The minimum absolute atomic E-state index is 0.0138. The fraction of sp³-hybridized carbons (Fsp3) is 0.364. The number of aliphatic hydroxyl groups is 1. The standard InChI is InChI=1S/C22H23FN2O3/c1-2-19(27)25-18(12-26)20(15-6-4-3-5-7-15)22(25)13-24(14-22)21(28)16-8-10-17(23)11-9-16/h3-11,18,20,26H,2,12-14H2,1H3/t18-,20-/m0/s1. The van der Waals surface area contributed by atoms with Gasteiger partial charge in [0.15, 0.2) is 0 Å². The van der Waals surface area contributed by atoms with E-state index in [4.69, 9.17) is 0 Å². The second-order valence-electron chi connectivity index (χ2n) is 7.53. The Hall–Kier alpha value is -2.73. The summed E-state index contributed by atoms with van der Waals surface area (Å²) < 4.78 is 13.1. The lowest BCUT2D eigenvalue weighted by atomic mass is 9.60. The van der Waals surface area contributed by atoms with Crippen molar-refractivity contribution in [1.82, 2.24) is 9.80 Å². The summed E-state index contributed by atoms with van der Waals surface area (Å²) in [4.78, 5) is 28.8. The maximum Gasteiger partial charge on any atom is 0.254 e. The summed E-state index contributed by atoms with van der Waals surface area (Å²) in [7, 11) is 0. The van der Waals surface area contributed by atoms with E-state index in [1.54, 1.807) is 16.7 Å². The molecule has 2 saturated heterocycles. The molecule has 0 bridgehead atoms. The van der Waals surface area contributed by atoms with Crippen LogP contribution in [0.15, 0.2) is 54.6 Å². The monoisotopic (exact) mass is 382 g/mol. The molecule has 4 rings (SSSR count). The molecule has 2 aromatic carbocycles. The van der Waals surface area contributed by atoms with E-state index >= 15 is 0 Å². The molecule has 1 spiro atoms. The number of likely N-dealkylation sites (tertiary alicyclic amines) is 2. The molecule has 0 radical (unpaired) electrons. The summed E-state index contributed by atoms with van der Waals surface area (Å²) in [5, 5.41) is 9.95. The minimum Gasteiger partial charge on any atom is -0.394 e. The van der Waals surface area contributed by atoms with Gasteiger partial charge in [-0.2, -0.15) is 0 Å². The average Bonchev–Trinajstić information content (AvgIpc) is 2.67. The molecule has 2 aliphatic heterocycles. The predicted octanol–water partition coefficient (Wildman–Crippen LogP) is 2.42. The SMILES string of the molecule is CCC(=O)N1[C@@H](CO)[C@H](c2ccccc2)C12CN(C(=O)c1ccc(F)cc1)C2. The third-order valence-corrected chi connectivity index (χ3v) is 6.00. The molecule has 2 heterocycles. The maximum absolute atomic E-state index is 13.1. The molecule has 2 atom stereocenters. The molecule has 2 fully saturated rings. The van der Waals surface area contributed by atoms with E-state index in [9.17, 15) is 19.1 Å². The summed E-state index contributed by atoms with van der Waals surface area (Å²) in [5.41, 5.74) is 1.01. The summed E-state index contributed by atoms with van der Waals surface area (Å²) in [5.74, 6) is -0.592. The molecule has 0 saturated carbocycles. The van der Waals surface area contributed by atoms with Gasteiger partial charge < -0.3 is 14.9 Å². The highest BCUT2D eigenvalue weighted by Gasteiger charge is 2.67. The van der Waals surface area contributed by atoms with Crippen LogP contribution in [0.25, 0.3) is 0 Å². The van der Waals surface area contributed by atoms with Crippen molar-refractivity contribution in [3.8, 4) is 0 Å². The molecule has 2 aliphatic rings. The van der Waals surface area contributed by atoms with E-state index in [0.717, 1.165) is 5.56 Å². The number of rotatable bonds is 4. The van der Waals surface area contributed by atoms with E-state index in [1.807, 2.05) is 30.3 Å². The summed E-state index contributed by atoms with van der Waals surface area (Å²) in [6.07, 6.45) is 0.353. The summed E-state index contributed by atoms with van der Waals surface area (Å²) >= 11 is 0. The molecule has 0 aromatic heterocycles. The second-order valence-corrected chi connectivity index (χ2v) is 7.53. The van der Waals surface area contributed by atoms with Crippen molar-refractivity contribution < 1.29 is 19.1 Å². The van der Waals surface area contributed by atoms with Gasteiger partial charge in [-0.3, -0.25) is 9.59 Å². The first kappa shape index (κ1) is 18.6. The molecule has 6 heteroatoms. The fourth-order valence-electron chi connectivity index (χ4n) is 4.77. The highest BCUT2D eigenvalue weighted by atomic mass is 19.1. The van der Waals surface area contributed by atoms with E-state index < -0.39 is 5.54 Å². The molecule has 5 nitrogen and oxygen atoms in total. The summed E-state index contributed by atoms with van der Waals surface area (Å²) in [6, 6.07) is 15.1. The highest BCUT2D eigenvalue weighted by molar-refractivity contribution is 5.95. The molecule has 0 unspecified atom stereocenters. The maximum atomic E-state index is 13.1. The molecular weight excluding hydrogens is 359 g/mol. The average molecular weight is 382 g/mol. The van der Waals surface area contributed by atoms with E-state index in [-0.39, 0.29) is 36.2 Å². The zero-order valence-corrected chi connectivity index (χ0v) is 15.7. The van der Waals surface area contributed by atoms with Crippen LogP contribution in [0, 0.1) is 5.82 Å². The number of hydrogen-bond donors (Lipinski definition) is 1. The zero-order valence-electron chi connectivity index (χ0n) is 15.7. The topological polar surface area (TPSA) is 60.9 Å². The van der Waals surface area contributed by atoms with Gasteiger partial charge in [-0.05, 0) is 29.8 Å². The summed E-state index contributed by atoms with van der Waals surface area (Å²) in [6.45, 7) is 2.51.